The van der Waals surface area contributed by atoms with Crippen LogP contribution in [0.5, 0.6) is 5.75 Å². The van der Waals surface area contributed by atoms with Crippen molar-refractivity contribution < 1.29 is 9.53 Å². The van der Waals surface area contributed by atoms with Crippen LogP contribution < -0.4 is 0 Å². The summed E-state index contributed by atoms with van der Waals surface area (Å²) in [6.07, 6.45) is 6.49. The summed E-state index contributed by atoms with van der Waals surface area (Å²) in [4.78, 5) is 11.5. The maximum Gasteiger partial charge on any atom is 0.192 e. The van der Waals surface area contributed by atoms with Gasteiger partial charge in [-0.1, -0.05) is 45.4 Å². The van der Waals surface area contributed by atoms with Gasteiger partial charge in [0.05, 0.1) is 16.4 Å². The number of phenolic OH excluding ortho intramolecular Hbond substituents is 1. The lowest BCUT2D eigenvalue weighted by atomic mass is 10.1. The smallest absolute Gasteiger partial charge is 0.192 e. The van der Waals surface area contributed by atoms with Gasteiger partial charge < -0.3 is 14.1 Å². The number of imidazole rings is 1. The zero-order valence-electron chi connectivity index (χ0n) is 22.3. The molecule has 0 aliphatic carbocycles. The lowest BCUT2D eigenvalue weighted by Crippen LogP contribution is -2.49. The van der Waals surface area contributed by atoms with E-state index in [1.165, 1.54) is 0 Å². The quantitative estimate of drug-likeness (QED) is 0.311. The molecule has 0 bridgehead atoms. The standard InChI is InChI=1S/C27H39ClN4O2Si/c1-9-27(5,31(6)16-17-34-35(7,8)26(2,3)4)32-19-23(21-10-11-22(28)24(33)18-21)30-25(32)20-12-14-29-15-13-20/h10-15,18-19,33H,9,16-17H2,1-8H3. The lowest BCUT2D eigenvalue weighted by molar-refractivity contribution is 0.0435. The first-order valence-electron chi connectivity index (χ1n) is 12.1. The number of benzene rings is 1. The predicted octanol–water partition coefficient (Wildman–Crippen LogP) is 7.01. The molecule has 8 heteroatoms. The van der Waals surface area contributed by atoms with Gasteiger partial charge >= 0.3 is 0 Å². The van der Waals surface area contributed by atoms with Crippen LogP contribution in [0, 0.1) is 0 Å². The van der Waals surface area contributed by atoms with Crippen molar-refractivity contribution in [1.29, 1.82) is 0 Å². The molecule has 0 aliphatic rings. The Morgan fingerprint density at radius 1 is 1.09 bits per heavy atom. The number of hydrogen-bond donors (Lipinski definition) is 1. The van der Waals surface area contributed by atoms with Gasteiger partial charge in [-0.2, -0.15) is 0 Å². The van der Waals surface area contributed by atoms with E-state index in [0.29, 0.717) is 11.6 Å². The number of pyridine rings is 1. The first-order chi connectivity index (χ1) is 16.3. The fourth-order valence-electron chi connectivity index (χ4n) is 3.78. The Bertz CT molecular complexity index is 1140. The molecule has 1 aromatic carbocycles. The van der Waals surface area contributed by atoms with Crippen LogP contribution in [0.4, 0.5) is 0 Å². The van der Waals surface area contributed by atoms with Gasteiger partial charge in [-0.05, 0) is 62.8 Å². The molecule has 2 heterocycles. The second kappa shape index (κ2) is 10.4. The fourth-order valence-corrected chi connectivity index (χ4v) is 4.93. The molecule has 3 aromatic rings. The molecule has 1 atom stereocenters. The molecule has 0 fully saturated rings. The maximum atomic E-state index is 10.2. The van der Waals surface area contributed by atoms with E-state index in [-0.39, 0.29) is 16.5 Å². The van der Waals surface area contributed by atoms with Gasteiger partial charge in [-0.25, -0.2) is 4.98 Å². The minimum absolute atomic E-state index is 0.0438. The van der Waals surface area contributed by atoms with E-state index in [9.17, 15) is 5.11 Å². The monoisotopic (exact) mass is 514 g/mol. The maximum absolute atomic E-state index is 10.2. The Labute approximate surface area is 216 Å². The molecule has 0 spiro atoms. The van der Waals surface area contributed by atoms with E-state index in [0.717, 1.165) is 35.6 Å². The highest BCUT2D eigenvalue weighted by Gasteiger charge is 2.38. The summed E-state index contributed by atoms with van der Waals surface area (Å²) in [5.41, 5.74) is 2.21. The zero-order chi connectivity index (χ0) is 26.0. The molecular formula is C27H39ClN4O2Si. The molecule has 0 aliphatic heterocycles. The van der Waals surface area contributed by atoms with Gasteiger partial charge in [-0.15, -0.1) is 0 Å². The fraction of sp³-hybridized carbons (Fsp3) is 0.481. The molecule has 0 saturated heterocycles. The summed E-state index contributed by atoms with van der Waals surface area (Å²) in [5, 5.41) is 10.7. The molecule has 190 valence electrons. The molecule has 6 nitrogen and oxygen atoms in total. The molecule has 0 radical (unpaired) electrons. The van der Waals surface area contributed by atoms with Crippen molar-refractivity contribution in [2.75, 3.05) is 20.2 Å². The van der Waals surface area contributed by atoms with Crippen molar-refractivity contribution >= 4 is 19.9 Å². The zero-order valence-corrected chi connectivity index (χ0v) is 24.0. The van der Waals surface area contributed by atoms with Gasteiger partial charge in [0.1, 0.15) is 11.6 Å². The van der Waals surface area contributed by atoms with Crippen molar-refractivity contribution in [2.45, 2.75) is 64.8 Å². The Morgan fingerprint density at radius 2 is 1.74 bits per heavy atom. The van der Waals surface area contributed by atoms with Crippen molar-refractivity contribution in [2.24, 2.45) is 0 Å². The van der Waals surface area contributed by atoms with E-state index >= 15 is 0 Å². The number of aromatic hydroxyl groups is 1. The lowest BCUT2D eigenvalue weighted by Gasteiger charge is -2.42. The third-order valence-electron chi connectivity index (χ3n) is 7.59. The Morgan fingerprint density at radius 3 is 2.31 bits per heavy atom. The highest BCUT2D eigenvalue weighted by atomic mass is 35.5. The van der Waals surface area contributed by atoms with Crippen molar-refractivity contribution in [3.63, 3.8) is 0 Å². The summed E-state index contributed by atoms with van der Waals surface area (Å²) >= 11 is 6.05. The second-order valence-electron chi connectivity index (χ2n) is 10.8. The van der Waals surface area contributed by atoms with Crippen LogP contribution in [0.15, 0.2) is 48.9 Å². The largest absolute Gasteiger partial charge is 0.506 e. The third-order valence-corrected chi connectivity index (χ3v) is 12.5. The minimum atomic E-state index is -1.82. The molecule has 1 N–H and O–H groups in total. The molecule has 0 saturated carbocycles. The molecule has 35 heavy (non-hydrogen) atoms. The minimum Gasteiger partial charge on any atom is -0.506 e. The van der Waals surface area contributed by atoms with Gasteiger partial charge in [0.25, 0.3) is 0 Å². The van der Waals surface area contributed by atoms with Gasteiger partial charge in [-0.3, -0.25) is 9.88 Å². The van der Waals surface area contributed by atoms with E-state index < -0.39 is 8.32 Å². The van der Waals surface area contributed by atoms with E-state index in [2.05, 4.69) is 75.4 Å². The Balaban J connectivity index is 1.99. The third kappa shape index (κ3) is 5.80. The number of rotatable bonds is 9. The summed E-state index contributed by atoms with van der Waals surface area (Å²) in [6.45, 7) is 17.3. The molecule has 1 unspecified atom stereocenters. The topological polar surface area (TPSA) is 63.4 Å². The van der Waals surface area contributed by atoms with E-state index in [1.807, 2.05) is 18.2 Å². The van der Waals surface area contributed by atoms with Crippen molar-refractivity contribution in [3.8, 4) is 28.4 Å². The number of phenols is 1. The van der Waals surface area contributed by atoms with Gasteiger partial charge in [0, 0.05) is 42.9 Å². The summed E-state index contributed by atoms with van der Waals surface area (Å²) < 4.78 is 8.71. The summed E-state index contributed by atoms with van der Waals surface area (Å²) in [5.74, 6) is 0.890. The van der Waals surface area contributed by atoms with Gasteiger partial charge in [0.2, 0.25) is 0 Å². The normalized spacial score (nSPS) is 14.3. The van der Waals surface area contributed by atoms with Crippen LogP contribution in [-0.2, 0) is 10.1 Å². The summed E-state index contributed by atoms with van der Waals surface area (Å²) in [7, 11) is 0.320. The highest BCUT2D eigenvalue weighted by molar-refractivity contribution is 6.74. The number of aromatic nitrogens is 3. The van der Waals surface area contributed by atoms with Crippen LogP contribution in [0.2, 0.25) is 23.2 Å². The SMILES string of the molecule is CCC(C)(N(C)CCO[Si](C)(C)C(C)(C)C)n1cc(-c2ccc(Cl)c(O)c2)nc1-c1ccncc1. The number of likely N-dealkylation sites (N-methyl/N-ethyl adjacent to an activating group) is 1. The number of halogens is 1. The average Bonchev–Trinajstić information content (AvgIpc) is 3.26. The van der Waals surface area contributed by atoms with Gasteiger partial charge in [0.15, 0.2) is 8.32 Å². The van der Waals surface area contributed by atoms with E-state index in [1.54, 1.807) is 24.5 Å². The molecule has 3 rings (SSSR count). The van der Waals surface area contributed by atoms with Crippen LogP contribution in [0.25, 0.3) is 22.6 Å². The average molecular weight is 515 g/mol. The number of nitrogens with zero attached hydrogens (tertiary/aromatic N) is 4. The molecule has 2 aromatic heterocycles. The highest BCUT2D eigenvalue weighted by Crippen LogP contribution is 2.38. The first-order valence-corrected chi connectivity index (χ1v) is 15.4. The van der Waals surface area contributed by atoms with Crippen LogP contribution >= 0.6 is 11.6 Å². The van der Waals surface area contributed by atoms with Crippen LogP contribution in [-0.4, -0.2) is 53.1 Å². The molecule has 0 amide bonds. The van der Waals surface area contributed by atoms with Crippen molar-refractivity contribution in [3.05, 3.63) is 53.9 Å². The second-order valence-corrected chi connectivity index (χ2v) is 16.0. The van der Waals surface area contributed by atoms with Crippen molar-refractivity contribution in [1.82, 2.24) is 19.4 Å². The van der Waals surface area contributed by atoms with Crippen LogP contribution in [0.1, 0.15) is 41.0 Å². The Hall–Kier alpha value is -2.19. The number of hydrogen-bond acceptors (Lipinski definition) is 5. The van der Waals surface area contributed by atoms with E-state index in [4.69, 9.17) is 21.0 Å². The Kier molecular flexibility index (Phi) is 8.16. The first kappa shape index (κ1) is 27.4. The predicted molar refractivity (Wildman–Crippen MR) is 147 cm³/mol. The van der Waals surface area contributed by atoms with Crippen LogP contribution in [0.3, 0.4) is 0 Å². The molecular weight excluding hydrogens is 476 g/mol. The summed E-state index contributed by atoms with van der Waals surface area (Å²) in [6, 6.07) is 9.17.